The van der Waals surface area contributed by atoms with E-state index in [-0.39, 0.29) is 0 Å². The Hall–Kier alpha value is -2.12. The monoisotopic (exact) mass is 971 g/mol. The molecular weight excluding hydrogens is 857 g/mol. The third-order valence-electron chi connectivity index (χ3n) is 19.5. The fraction of sp³-hybridized carbons (Fsp3) is 0.771. The molecule has 0 heterocycles. The summed E-state index contributed by atoms with van der Waals surface area (Å²) in [6, 6.07) is 19.9. The summed E-state index contributed by atoms with van der Waals surface area (Å²) in [6.07, 6.45) is 61.5. The van der Waals surface area contributed by atoms with Crippen molar-refractivity contribution >= 4 is 11.1 Å². The Labute approximate surface area is 441 Å². The lowest BCUT2D eigenvalue weighted by atomic mass is 9.75. The minimum atomic E-state index is 0.658. The van der Waals surface area contributed by atoms with Crippen LogP contribution in [-0.4, -0.2) is 13.2 Å². The molecule has 400 valence electrons. The van der Waals surface area contributed by atoms with Gasteiger partial charge in [0.15, 0.2) is 0 Å². The molecule has 0 N–H and O–H groups in total. The summed E-state index contributed by atoms with van der Waals surface area (Å²) in [4.78, 5) is 0. The first kappa shape index (κ1) is 58.1. The highest BCUT2D eigenvalue weighted by Crippen LogP contribution is 2.42. The Balaban J connectivity index is 1.06. The number of unbranched alkanes of at least 4 members (excludes halogenated alkanes) is 12. The predicted molar refractivity (Wildman–Crippen MR) is 313 cm³/mol. The second-order valence-corrected chi connectivity index (χ2v) is 24.9. The summed E-state index contributed by atoms with van der Waals surface area (Å²) in [6.45, 7) is 10.8. The van der Waals surface area contributed by atoms with Crippen molar-refractivity contribution in [3.8, 4) is 0 Å². The summed E-state index contributed by atoms with van der Waals surface area (Å²) in [5.41, 5.74) is 9.16. The van der Waals surface area contributed by atoms with E-state index in [1.807, 2.05) is 0 Å². The molecule has 0 amide bonds. The molecule has 0 aromatic heterocycles. The van der Waals surface area contributed by atoms with Gasteiger partial charge in [-0.15, -0.1) is 0 Å². The van der Waals surface area contributed by atoms with Crippen molar-refractivity contribution in [3.05, 3.63) is 82.9 Å². The lowest BCUT2D eigenvalue weighted by Crippen LogP contribution is -2.17. The summed E-state index contributed by atoms with van der Waals surface area (Å²) in [5.74, 6) is 7.07. The summed E-state index contributed by atoms with van der Waals surface area (Å²) in [7, 11) is 0. The van der Waals surface area contributed by atoms with Gasteiger partial charge in [-0.1, -0.05) is 268 Å². The molecule has 0 bridgehead atoms. The first-order chi connectivity index (χ1) is 35.0. The van der Waals surface area contributed by atoms with Crippen LogP contribution in [0.3, 0.4) is 0 Å². The molecule has 6 rings (SSSR count). The normalized spacial score (nSPS) is 25.7. The van der Waals surface area contributed by atoms with Gasteiger partial charge in [0.25, 0.3) is 0 Å². The van der Waals surface area contributed by atoms with Gasteiger partial charge in [-0.2, -0.15) is 0 Å². The number of rotatable bonds is 34. The third-order valence-corrected chi connectivity index (χ3v) is 19.5. The van der Waals surface area contributed by atoms with Gasteiger partial charge in [-0.05, 0) is 158 Å². The van der Waals surface area contributed by atoms with Crippen molar-refractivity contribution in [2.45, 2.75) is 285 Å². The van der Waals surface area contributed by atoms with E-state index in [4.69, 9.17) is 4.74 Å². The minimum absolute atomic E-state index is 0.658. The average Bonchev–Trinajstić information content (AvgIpc) is 3.41. The lowest BCUT2D eigenvalue weighted by molar-refractivity contribution is 0.193. The van der Waals surface area contributed by atoms with Crippen LogP contribution in [0.2, 0.25) is 0 Å². The van der Waals surface area contributed by atoms with Crippen molar-refractivity contribution in [2.24, 2.45) is 47.3 Å². The Bertz CT molecular complexity index is 1540. The van der Waals surface area contributed by atoms with E-state index in [9.17, 15) is 0 Å². The number of ether oxygens (including phenoxy) is 1. The zero-order valence-corrected chi connectivity index (χ0v) is 47.5. The van der Waals surface area contributed by atoms with Gasteiger partial charge in [0.05, 0.1) is 13.2 Å². The van der Waals surface area contributed by atoms with Crippen molar-refractivity contribution in [2.75, 3.05) is 13.2 Å². The van der Waals surface area contributed by atoms with Gasteiger partial charge in [0.2, 0.25) is 0 Å². The summed E-state index contributed by atoms with van der Waals surface area (Å²) in [5, 5.41) is 0. The molecule has 0 saturated heterocycles. The standard InChI is InChI=1S/C70H114O/c1-5-9-13-15-19-23-59-37-45-65(46-38-59)69(67-49-41-63(42-50-67)35-33-61-29-25-57(26-30-61)21-17-11-7-3)53-55-71-56-54-70(66-47-39-60(40-48-66)24-20-16-14-10-6-2)68-51-43-64(44-52-68)36-34-62-31-27-58(28-32-62)22-18-12-8-4/h41-44,49-54,57-62,65-66H,5-40,45-48,55-56H2,1-4H3/t57-,58-,59-,60-,61-,62-,65-,66-. The van der Waals surface area contributed by atoms with E-state index in [0.717, 1.165) is 35.5 Å². The topological polar surface area (TPSA) is 9.23 Å². The first-order valence-electron chi connectivity index (χ1n) is 32.2. The van der Waals surface area contributed by atoms with Gasteiger partial charge in [0, 0.05) is 0 Å². The molecule has 1 nitrogen and oxygen atoms in total. The smallest absolute Gasteiger partial charge is 0.0657 e. The number of aryl methyl sites for hydroxylation is 2. The first-order valence-corrected chi connectivity index (χ1v) is 32.2. The second kappa shape index (κ2) is 35.2. The molecule has 71 heavy (non-hydrogen) atoms. The average molecular weight is 972 g/mol. The lowest BCUT2D eigenvalue weighted by Gasteiger charge is -2.31. The maximum absolute atomic E-state index is 6.71. The van der Waals surface area contributed by atoms with Crippen LogP contribution in [-0.2, 0) is 17.6 Å². The van der Waals surface area contributed by atoms with E-state index >= 15 is 0 Å². The quantitative estimate of drug-likeness (QED) is 0.0635. The van der Waals surface area contributed by atoms with Gasteiger partial charge >= 0.3 is 0 Å². The maximum atomic E-state index is 6.71. The van der Waals surface area contributed by atoms with Crippen LogP contribution in [0.4, 0.5) is 0 Å². The Kier molecular flexibility index (Phi) is 28.8. The molecule has 0 aliphatic heterocycles. The van der Waals surface area contributed by atoms with Gasteiger partial charge in [-0.3, -0.25) is 0 Å². The number of benzene rings is 2. The van der Waals surface area contributed by atoms with Crippen LogP contribution in [0.5, 0.6) is 0 Å². The Morgan fingerprint density at radius 2 is 0.606 bits per heavy atom. The SMILES string of the molecule is CCCCCCC[C@H]1CC[C@H](C(=CCOCC=C(c2ccc(CC[C@H]3CC[C@H](CCCCC)CC3)cc2)[C@H]2CC[C@H](CCCCCCC)CC2)c2ccc(CC[C@H]3CC[C@H](CCCCC)CC3)cc2)CC1. The summed E-state index contributed by atoms with van der Waals surface area (Å²) >= 11 is 0. The van der Waals surface area contributed by atoms with Crippen LogP contribution in [0.15, 0.2) is 60.7 Å². The van der Waals surface area contributed by atoms with E-state index in [1.165, 1.54) is 268 Å². The van der Waals surface area contributed by atoms with Crippen LogP contribution in [0.1, 0.15) is 294 Å². The Morgan fingerprint density at radius 3 is 0.930 bits per heavy atom. The van der Waals surface area contributed by atoms with Crippen LogP contribution in [0, 0.1) is 47.3 Å². The van der Waals surface area contributed by atoms with E-state index < -0.39 is 0 Å². The highest BCUT2D eigenvalue weighted by Gasteiger charge is 2.27. The molecule has 0 unspecified atom stereocenters. The third kappa shape index (κ3) is 21.9. The zero-order chi connectivity index (χ0) is 49.6. The molecule has 0 radical (unpaired) electrons. The van der Waals surface area contributed by atoms with Crippen LogP contribution < -0.4 is 0 Å². The highest BCUT2D eigenvalue weighted by atomic mass is 16.5. The van der Waals surface area contributed by atoms with E-state index in [2.05, 4.69) is 88.4 Å². The molecule has 1 heteroatoms. The van der Waals surface area contributed by atoms with E-state index in [1.54, 1.807) is 22.3 Å². The van der Waals surface area contributed by atoms with Gasteiger partial charge in [0.1, 0.15) is 0 Å². The second-order valence-electron chi connectivity index (χ2n) is 24.9. The Morgan fingerprint density at radius 1 is 0.338 bits per heavy atom. The van der Waals surface area contributed by atoms with Crippen LogP contribution in [0.25, 0.3) is 11.1 Å². The van der Waals surface area contributed by atoms with E-state index in [0.29, 0.717) is 25.0 Å². The van der Waals surface area contributed by atoms with Crippen molar-refractivity contribution < 1.29 is 4.74 Å². The molecule has 4 aliphatic rings. The number of hydrogen-bond acceptors (Lipinski definition) is 1. The van der Waals surface area contributed by atoms with Gasteiger partial charge in [-0.25, -0.2) is 0 Å². The van der Waals surface area contributed by atoms with Crippen LogP contribution >= 0.6 is 0 Å². The molecule has 2 aromatic carbocycles. The number of allylic oxidation sites excluding steroid dienone is 2. The molecule has 4 saturated carbocycles. The molecule has 4 aliphatic carbocycles. The molecule has 0 spiro atoms. The molecule has 2 aromatic rings. The molecular formula is C70H114O. The van der Waals surface area contributed by atoms with Crippen molar-refractivity contribution in [1.29, 1.82) is 0 Å². The molecule has 0 atom stereocenters. The molecule has 4 fully saturated rings. The van der Waals surface area contributed by atoms with Gasteiger partial charge < -0.3 is 4.74 Å². The van der Waals surface area contributed by atoms with Crippen molar-refractivity contribution in [3.63, 3.8) is 0 Å². The number of hydrogen-bond donors (Lipinski definition) is 0. The fourth-order valence-corrected chi connectivity index (χ4v) is 14.5. The predicted octanol–water partition coefficient (Wildman–Crippen LogP) is 22.1. The minimum Gasteiger partial charge on any atom is -0.373 e. The highest BCUT2D eigenvalue weighted by molar-refractivity contribution is 5.69. The van der Waals surface area contributed by atoms with Crippen molar-refractivity contribution in [1.82, 2.24) is 0 Å². The summed E-state index contributed by atoms with van der Waals surface area (Å²) < 4.78 is 6.71. The maximum Gasteiger partial charge on any atom is 0.0657 e. The zero-order valence-electron chi connectivity index (χ0n) is 47.5. The fourth-order valence-electron chi connectivity index (χ4n) is 14.5. The largest absolute Gasteiger partial charge is 0.373 e.